The third-order valence-corrected chi connectivity index (χ3v) is 4.52. The molecule has 21 heavy (non-hydrogen) atoms. The smallest absolute Gasteiger partial charge is 0.144 e. The van der Waals surface area contributed by atoms with E-state index in [4.69, 9.17) is 27.9 Å². The summed E-state index contributed by atoms with van der Waals surface area (Å²) in [6.45, 7) is 5.29. The van der Waals surface area contributed by atoms with Crippen LogP contribution in [0.5, 0.6) is 0 Å². The van der Waals surface area contributed by atoms with Crippen LogP contribution < -0.4 is 0 Å². The van der Waals surface area contributed by atoms with Gasteiger partial charge in [0.05, 0.1) is 33.6 Å². The fourth-order valence-corrected chi connectivity index (χ4v) is 3.33. The number of hydrogen-bond donors (Lipinski definition) is 0. The predicted octanol–water partition coefficient (Wildman–Crippen LogP) is 4.65. The zero-order valence-corrected chi connectivity index (χ0v) is 13.5. The second kappa shape index (κ2) is 5.41. The molecule has 1 aliphatic heterocycles. The molecule has 2 unspecified atom stereocenters. The van der Waals surface area contributed by atoms with E-state index in [1.165, 1.54) is 6.07 Å². The molecule has 6 heteroatoms. The zero-order valence-electron chi connectivity index (χ0n) is 12.0. The van der Waals surface area contributed by atoms with Crippen LogP contribution in [-0.4, -0.2) is 22.8 Å². The van der Waals surface area contributed by atoms with Crippen LogP contribution in [0.1, 0.15) is 37.9 Å². The number of alkyl halides is 1. The number of ether oxygens (including phenoxy) is 1. The molecule has 0 aliphatic carbocycles. The maximum atomic E-state index is 13.9. The molecule has 0 N–H and O–H groups in total. The van der Waals surface area contributed by atoms with Gasteiger partial charge in [-0.25, -0.2) is 9.37 Å². The van der Waals surface area contributed by atoms with Gasteiger partial charge in [-0.05, 0) is 32.8 Å². The van der Waals surface area contributed by atoms with Gasteiger partial charge in [0, 0.05) is 12.7 Å². The van der Waals surface area contributed by atoms with Crippen LogP contribution >= 0.6 is 23.2 Å². The Hall–Kier alpha value is -0.840. The van der Waals surface area contributed by atoms with E-state index in [1.54, 1.807) is 6.07 Å². The van der Waals surface area contributed by atoms with E-state index in [0.717, 1.165) is 25.3 Å². The van der Waals surface area contributed by atoms with Gasteiger partial charge in [-0.3, -0.25) is 0 Å². The van der Waals surface area contributed by atoms with E-state index in [9.17, 15) is 4.39 Å². The van der Waals surface area contributed by atoms with Crippen LogP contribution in [-0.2, 0) is 10.3 Å². The lowest BCUT2D eigenvalue weighted by Crippen LogP contribution is -2.40. The van der Waals surface area contributed by atoms with E-state index >= 15 is 0 Å². The van der Waals surface area contributed by atoms with E-state index in [-0.39, 0.29) is 15.9 Å². The van der Waals surface area contributed by atoms with Gasteiger partial charge in [0.1, 0.15) is 11.6 Å². The SMILES string of the molecule is CC(Cl)c1nc2cc(Cl)c(F)cc2n1C1(C)CCCOC1. The van der Waals surface area contributed by atoms with Crippen molar-refractivity contribution < 1.29 is 9.13 Å². The summed E-state index contributed by atoms with van der Waals surface area (Å²) in [5, 5.41) is -0.205. The molecule has 1 aliphatic rings. The van der Waals surface area contributed by atoms with Gasteiger partial charge in [-0.15, -0.1) is 11.6 Å². The van der Waals surface area contributed by atoms with Crippen molar-refractivity contribution in [1.82, 2.24) is 9.55 Å². The molecule has 0 saturated carbocycles. The molecule has 1 saturated heterocycles. The topological polar surface area (TPSA) is 27.1 Å². The summed E-state index contributed by atoms with van der Waals surface area (Å²) >= 11 is 12.2. The van der Waals surface area contributed by atoms with Crippen molar-refractivity contribution in [3.05, 3.63) is 28.8 Å². The number of nitrogens with zero attached hydrogens (tertiary/aromatic N) is 2. The van der Waals surface area contributed by atoms with Crippen molar-refractivity contribution in [2.24, 2.45) is 0 Å². The molecule has 3 rings (SSSR count). The highest BCUT2D eigenvalue weighted by Gasteiger charge is 2.34. The number of hydrogen-bond acceptors (Lipinski definition) is 2. The Kier molecular flexibility index (Phi) is 3.89. The maximum absolute atomic E-state index is 13.9. The third-order valence-electron chi connectivity index (χ3n) is 4.04. The highest BCUT2D eigenvalue weighted by molar-refractivity contribution is 6.31. The summed E-state index contributed by atoms with van der Waals surface area (Å²) < 4.78 is 21.6. The standard InChI is InChI=1S/C15H17Cl2FN2O/c1-9(16)14-19-12-6-10(17)11(18)7-13(12)20(14)15(2)4-3-5-21-8-15/h6-7,9H,3-5,8H2,1-2H3. The van der Waals surface area contributed by atoms with Crippen molar-refractivity contribution in [3.8, 4) is 0 Å². The molecular formula is C15H17Cl2FN2O. The second-order valence-corrected chi connectivity index (χ2v) is 6.89. The van der Waals surface area contributed by atoms with Crippen LogP contribution in [0, 0.1) is 5.82 Å². The number of fused-ring (bicyclic) bond motifs is 1. The third kappa shape index (κ3) is 2.54. The van der Waals surface area contributed by atoms with Crippen LogP contribution in [0.25, 0.3) is 11.0 Å². The van der Waals surface area contributed by atoms with Crippen LogP contribution in [0.2, 0.25) is 5.02 Å². The number of halogens is 3. The Balaban J connectivity index is 2.27. The molecule has 0 spiro atoms. The lowest BCUT2D eigenvalue weighted by atomic mass is 9.94. The number of aromatic nitrogens is 2. The molecule has 2 aromatic rings. The molecular weight excluding hydrogens is 314 g/mol. The Morgan fingerprint density at radius 1 is 1.48 bits per heavy atom. The highest BCUT2D eigenvalue weighted by atomic mass is 35.5. The first kappa shape index (κ1) is 15.1. The van der Waals surface area contributed by atoms with Gasteiger partial charge < -0.3 is 9.30 Å². The molecule has 0 bridgehead atoms. The molecule has 2 atom stereocenters. The van der Waals surface area contributed by atoms with Gasteiger partial charge in [0.15, 0.2) is 0 Å². The zero-order chi connectivity index (χ0) is 15.2. The van der Waals surface area contributed by atoms with Crippen molar-refractivity contribution in [2.45, 2.75) is 37.6 Å². The minimum Gasteiger partial charge on any atom is -0.379 e. The van der Waals surface area contributed by atoms with Gasteiger partial charge in [0.2, 0.25) is 0 Å². The molecule has 3 nitrogen and oxygen atoms in total. The Bertz CT molecular complexity index is 678. The molecule has 114 valence electrons. The monoisotopic (exact) mass is 330 g/mol. The highest BCUT2D eigenvalue weighted by Crippen LogP contribution is 2.36. The lowest BCUT2D eigenvalue weighted by molar-refractivity contribution is 0.0101. The Labute approximate surface area is 133 Å². The predicted molar refractivity (Wildman–Crippen MR) is 82.7 cm³/mol. The van der Waals surface area contributed by atoms with E-state index in [1.807, 2.05) is 11.5 Å². The Morgan fingerprint density at radius 3 is 2.86 bits per heavy atom. The molecule has 2 heterocycles. The first-order valence-corrected chi connectivity index (χ1v) is 7.83. The fourth-order valence-electron chi connectivity index (χ4n) is 3.02. The van der Waals surface area contributed by atoms with E-state index < -0.39 is 5.82 Å². The fraction of sp³-hybridized carbons (Fsp3) is 0.533. The summed E-state index contributed by atoms with van der Waals surface area (Å²) in [7, 11) is 0. The quantitative estimate of drug-likeness (QED) is 0.749. The summed E-state index contributed by atoms with van der Waals surface area (Å²) in [5.74, 6) is 0.278. The average Bonchev–Trinajstić information content (AvgIpc) is 2.79. The summed E-state index contributed by atoms with van der Waals surface area (Å²) in [6, 6.07) is 2.99. The molecule has 0 amide bonds. The molecule has 0 radical (unpaired) electrons. The minimum absolute atomic E-state index is 0.0750. The number of rotatable bonds is 2. The summed E-state index contributed by atoms with van der Waals surface area (Å²) in [5.41, 5.74) is 1.11. The molecule has 1 aromatic carbocycles. The van der Waals surface area contributed by atoms with Crippen molar-refractivity contribution in [1.29, 1.82) is 0 Å². The summed E-state index contributed by atoms with van der Waals surface area (Å²) in [6.07, 6.45) is 1.90. The van der Waals surface area contributed by atoms with Crippen LogP contribution in [0.3, 0.4) is 0 Å². The van der Waals surface area contributed by atoms with Crippen molar-refractivity contribution in [2.75, 3.05) is 13.2 Å². The lowest BCUT2D eigenvalue weighted by Gasteiger charge is -2.37. The van der Waals surface area contributed by atoms with E-state index in [0.29, 0.717) is 17.6 Å². The number of imidazole rings is 1. The van der Waals surface area contributed by atoms with Gasteiger partial charge >= 0.3 is 0 Å². The van der Waals surface area contributed by atoms with Crippen molar-refractivity contribution >= 4 is 34.2 Å². The average molecular weight is 331 g/mol. The first-order valence-electron chi connectivity index (χ1n) is 7.02. The van der Waals surface area contributed by atoms with Crippen LogP contribution in [0.15, 0.2) is 12.1 Å². The molecule has 1 aromatic heterocycles. The van der Waals surface area contributed by atoms with Crippen LogP contribution in [0.4, 0.5) is 4.39 Å². The van der Waals surface area contributed by atoms with Gasteiger partial charge in [-0.2, -0.15) is 0 Å². The van der Waals surface area contributed by atoms with Gasteiger partial charge in [0.25, 0.3) is 0 Å². The number of benzene rings is 1. The van der Waals surface area contributed by atoms with Gasteiger partial charge in [-0.1, -0.05) is 11.6 Å². The second-order valence-electron chi connectivity index (χ2n) is 5.83. The summed E-state index contributed by atoms with van der Waals surface area (Å²) in [4.78, 5) is 4.56. The largest absolute Gasteiger partial charge is 0.379 e. The first-order chi connectivity index (χ1) is 9.92. The molecule has 1 fully saturated rings. The normalized spacial score (nSPS) is 24.4. The minimum atomic E-state index is -0.445. The van der Waals surface area contributed by atoms with E-state index in [2.05, 4.69) is 11.9 Å². The van der Waals surface area contributed by atoms with Crippen molar-refractivity contribution in [3.63, 3.8) is 0 Å². The maximum Gasteiger partial charge on any atom is 0.144 e. The Morgan fingerprint density at radius 2 is 2.24 bits per heavy atom.